The molecule has 0 rings (SSSR count). The molecule has 0 aliphatic carbocycles. The SMILES string of the molecule is CCO[Si](C)(C)CCCSCC(C)C(C)=O. The van der Waals surface area contributed by atoms with Gasteiger partial charge >= 0.3 is 0 Å². The molecule has 16 heavy (non-hydrogen) atoms. The van der Waals surface area contributed by atoms with Crippen LogP contribution in [-0.4, -0.2) is 32.2 Å². The normalized spacial score (nSPS) is 13.8. The van der Waals surface area contributed by atoms with Crippen molar-refractivity contribution in [2.24, 2.45) is 5.92 Å². The van der Waals surface area contributed by atoms with Crippen LogP contribution in [0.2, 0.25) is 19.1 Å². The minimum Gasteiger partial charge on any atom is -0.418 e. The lowest BCUT2D eigenvalue weighted by Crippen LogP contribution is -2.30. The van der Waals surface area contributed by atoms with E-state index in [1.165, 1.54) is 12.5 Å². The molecule has 1 atom stereocenters. The third-order valence-corrected chi connectivity index (χ3v) is 6.61. The Morgan fingerprint density at radius 3 is 2.56 bits per heavy atom. The molecule has 0 radical (unpaired) electrons. The van der Waals surface area contributed by atoms with E-state index in [1.807, 2.05) is 18.7 Å². The first-order valence-corrected chi connectivity index (χ1v) is 10.4. The summed E-state index contributed by atoms with van der Waals surface area (Å²) in [4.78, 5) is 11.0. The highest BCUT2D eigenvalue weighted by molar-refractivity contribution is 7.99. The lowest BCUT2D eigenvalue weighted by Gasteiger charge is -2.21. The highest BCUT2D eigenvalue weighted by Crippen LogP contribution is 2.17. The maximum atomic E-state index is 11.0. The third-order valence-electron chi connectivity index (χ3n) is 2.66. The molecule has 0 aromatic carbocycles. The molecule has 0 N–H and O–H groups in total. The van der Waals surface area contributed by atoms with E-state index in [4.69, 9.17) is 4.43 Å². The van der Waals surface area contributed by atoms with Gasteiger partial charge in [-0.1, -0.05) is 6.92 Å². The van der Waals surface area contributed by atoms with E-state index in [0.717, 1.165) is 18.1 Å². The van der Waals surface area contributed by atoms with Crippen LogP contribution in [-0.2, 0) is 9.22 Å². The Balaban J connectivity index is 3.50. The Hall–Kier alpha value is 0.197. The second-order valence-electron chi connectivity index (χ2n) is 4.88. The molecule has 0 spiro atoms. The predicted molar refractivity (Wildman–Crippen MR) is 75.7 cm³/mol. The summed E-state index contributed by atoms with van der Waals surface area (Å²) in [5.74, 6) is 2.63. The van der Waals surface area contributed by atoms with Crippen LogP contribution < -0.4 is 0 Å². The van der Waals surface area contributed by atoms with Gasteiger partial charge in [0.15, 0.2) is 8.32 Å². The molecule has 0 aliphatic rings. The number of carbonyl (C=O) groups excluding carboxylic acids is 1. The van der Waals surface area contributed by atoms with Crippen molar-refractivity contribution in [1.29, 1.82) is 0 Å². The fraction of sp³-hybridized carbons (Fsp3) is 0.917. The van der Waals surface area contributed by atoms with Crippen LogP contribution in [0.5, 0.6) is 0 Å². The average molecular weight is 262 g/mol. The smallest absolute Gasteiger partial charge is 0.186 e. The van der Waals surface area contributed by atoms with E-state index in [0.29, 0.717) is 5.78 Å². The number of rotatable bonds is 9. The van der Waals surface area contributed by atoms with Crippen LogP contribution in [0.1, 0.15) is 27.2 Å². The van der Waals surface area contributed by atoms with Crippen molar-refractivity contribution in [3.8, 4) is 0 Å². The van der Waals surface area contributed by atoms with Crippen molar-refractivity contribution in [1.82, 2.24) is 0 Å². The Labute approximate surface area is 106 Å². The zero-order valence-electron chi connectivity index (χ0n) is 11.3. The van der Waals surface area contributed by atoms with Crippen LogP contribution in [0.4, 0.5) is 0 Å². The summed E-state index contributed by atoms with van der Waals surface area (Å²) in [7, 11) is -1.38. The molecular weight excluding hydrogens is 236 g/mol. The van der Waals surface area contributed by atoms with Gasteiger partial charge in [0, 0.05) is 18.3 Å². The van der Waals surface area contributed by atoms with Crippen LogP contribution in [0.3, 0.4) is 0 Å². The minimum atomic E-state index is -1.38. The second kappa shape index (κ2) is 8.31. The van der Waals surface area contributed by atoms with Gasteiger partial charge in [0.2, 0.25) is 0 Å². The molecule has 1 unspecified atom stereocenters. The monoisotopic (exact) mass is 262 g/mol. The number of hydrogen-bond acceptors (Lipinski definition) is 3. The second-order valence-corrected chi connectivity index (χ2v) is 10.3. The first-order valence-electron chi connectivity index (χ1n) is 6.11. The summed E-state index contributed by atoms with van der Waals surface area (Å²) in [5, 5.41) is 0. The summed E-state index contributed by atoms with van der Waals surface area (Å²) in [6.07, 6.45) is 1.22. The van der Waals surface area contributed by atoms with E-state index < -0.39 is 8.32 Å². The van der Waals surface area contributed by atoms with Gasteiger partial charge in [0.1, 0.15) is 5.78 Å². The summed E-state index contributed by atoms with van der Waals surface area (Å²) in [6, 6.07) is 1.22. The fourth-order valence-corrected chi connectivity index (χ4v) is 4.75. The standard InChI is InChI=1S/C12H26O2SSi/c1-6-14-16(4,5)9-7-8-15-10-11(2)12(3)13/h11H,6-10H2,1-5H3. The van der Waals surface area contributed by atoms with Gasteiger partial charge in [-0.3, -0.25) is 4.79 Å². The molecule has 0 heterocycles. The molecule has 2 nitrogen and oxygen atoms in total. The zero-order valence-corrected chi connectivity index (χ0v) is 13.2. The number of hydrogen-bond donors (Lipinski definition) is 0. The molecule has 0 aromatic heterocycles. The van der Waals surface area contributed by atoms with Gasteiger partial charge in [0.05, 0.1) is 0 Å². The van der Waals surface area contributed by atoms with Crippen LogP contribution in [0.25, 0.3) is 0 Å². The predicted octanol–water partition coefficient (Wildman–Crippen LogP) is 3.58. The summed E-state index contributed by atoms with van der Waals surface area (Å²) in [5.41, 5.74) is 0. The first-order chi connectivity index (χ1) is 7.39. The lowest BCUT2D eigenvalue weighted by atomic mass is 10.1. The van der Waals surface area contributed by atoms with Crippen molar-refractivity contribution >= 4 is 25.9 Å². The maximum Gasteiger partial charge on any atom is 0.186 e. The average Bonchev–Trinajstić information content (AvgIpc) is 2.16. The quantitative estimate of drug-likeness (QED) is 0.469. The first kappa shape index (κ1) is 16.2. The summed E-state index contributed by atoms with van der Waals surface area (Å²) < 4.78 is 5.77. The Bertz CT molecular complexity index is 207. The molecule has 0 amide bonds. The summed E-state index contributed by atoms with van der Waals surface area (Å²) >= 11 is 1.89. The zero-order chi connectivity index (χ0) is 12.6. The maximum absolute atomic E-state index is 11.0. The lowest BCUT2D eigenvalue weighted by molar-refractivity contribution is -0.119. The molecule has 0 aliphatic heterocycles. The fourth-order valence-electron chi connectivity index (χ4n) is 1.44. The number of thioether (sulfide) groups is 1. The van der Waals surface area contributed by atoms with Gasteiger partial charge in [-0.25, -0.2) is 0 Å². The molecule has 4 heteroatoms. The number of Topliss-reactive ketones (excluding diaryl/α,β-unsaturated/α-hetero) is 1. The Morgan fingerprint density at radius 1 is 1.44 bits per heavy atom. The molecule has 0 saturated heterocycles. The van der Waals surface area contributed by atoms with E-state index >= 15 is 0 Å². The van der Waals surface area contributed by atoms with Gasteiger partial charge in [-0.15, -0.1) is 0 Å². The van der Waals surface area contributed by atoms with Crippen LogP contribution in [0.15, 0.2) is 0 Å². The number of carbonyl (C=O) groups is 1. The van der Waals surface area contributed by atoms with Crippen LogP contribution >= 0.6 is 11.8 Å². The van der Waals surface area contributed by atoms with Gasteiger partial charge in [-0.2, -0.15) is 11.8 Å². The van der Waals surface area contributed by atoms with E-state index in [1.54, 1.807) is 6.92 Å². The Kier molecular flexibility index (Phi) is 8.41. The van der Waals surface area contributed by atoms with Crippen molar-refractivity contribution in [3.05, 3.63) is 0 Å². The largest absolute Gasteiger partial charge is 0.418 e. The summed E-state index contributed by atoms with van der Waals surface area (Å²) in [6.45, 7) is 11.1. The van der Waals surface area contributed by atoms with Crippen molar-refractivity contribution in [3.63, 3.8) is 0 Å². The van der Waals surface area contributed by atoms with Crippen molar-refractivity contribution < 1.29 is 9.22 Å². The Morgan fingerprint density at radius 2 is 2.06 bits per heavy atom. The van der Waals surface area contributed by atoms with E-state index in [-0.39, 0.29) is 5.92 Å². The highest BCUT2D eigenvalue weighted by atomic mass is 32.2. The minimum absolute atomic E-state index is 0.210. The number of ketones is 1. The molecule has 0 saturated carbocycles. The third kappa shape index (κ3) is 8.36. The van der Waals surface area contributed by atoms with E-state index in [2.05, 4.69) is 20.0 Å². The molecule has 0 bridgehead atoms. The van der Waals surface area contributed by atoms with Crippen LogP contribution in [0, 0.1) is 5.92 Å². The van der Waals surface area contributed by atoms with Gasteiger partial charge < -0.3 is 4.43 Å². The van der Waals surface area contributed by atoms with Gasteiger partial charge in [0.25, 0.3) is 0 Å². The molecular formula is C12H26O2SSi. The van der Waals surface area contributed by atoms with Crippen molar-refractivity contribution in [2.75, 3.05) is 18.1 Å². The topological polar surface area (TPSA) is 26.3 Å². The highest BCUT2D eigenvalue weighted by Gasteiger charge is 2.20. The molecule has 0 fully saturated rings. The molecule has 96 valence electrons. The van der Waals surface area contributed by atoms with E-state index in [9.17, 15) is 4.79 Å². The van der Waals surface area contributed by atoms with Gasteiger partial charge in [-0.05, 0) is 45.2 Å². The molecule has 0 aromatic rings. The van der Waals surface area contributed by atoms with Crippen molar-refractivity contribution in [2.45, 2.75) is 46.3 Å².